The lowest BCUT2D eigenvalue weighted by Gasteiger charge is -2.27. The van der Waals surface area contributed by atoms with Crippen molar-refractivity contribution in [1.29, 1.82) is 0 Å². The monoisotopic (exact) mass is 1070 g/mol. The van der Waals surface area contributed by atoms with Gasteiger partial charge in [0.1, 0.15) is 33.2 Å². The number of aromatic hydroxyl groups is 1. The number of benzene rings is 10. The highest BCUT2D eigenvalue weighted by Crippen LogP contribution is 2.36. The van der Waals surface area contributed by atoms with Gasteiger partial charge in [0.15, 0.2) is 0 Å². The summed E-state index contributed by atoms with van der Waals surface area (Å²) in [5.41, 5.74) is 4.53. The molecule has 0 amide bonds. The van der Waals surface area contributed by atoms with E-state index in [-0.39, 0.29) is 16.6 Å². The first-order valence-corrected chi connectivity index (χ1v) is 31.1. The van der Waals surface area contributed by atoms with Gasteiger partial charge in [-0.2, -0.15) is 0 Å². The predicted octanol–water partition coefficient (Wildman–Crippen LogP) is 14.6. The Morgan fingerprint density at radius 2 is 0.605 bits per heavy atom. The van der Waals surface area contributed by atoms with Crippen LogP contribution in [0.5, 0.6) is 23.0 Å². The van der Waals surface area contributed by atoms with E-state index in [9.17, 15) is 10.2 Å². The second-order valence-corrected chi connectivity index (χ2v) is 24.7. The molecule has 2 atom stereocenters. The Bertz CT molecular complexity index is 2770. The van der Waals surface area contributed by atoms with E-state index in [0.29, 0.717) is 23.4 Å². The zero-order valence-corrected chi connectivity index (χ0v) is 48.1. The lowest BCUT2D eigenvalue weighted by molar-refractivity contribution is -0.268. The van der Waals surface area contributed by atoms with Gasteiger partial charge in [-0.05, 0) is 132 Å². The Labute approximate surface area is 458 Å². The molecule has 10 rings (SSSR count). The van der Waals surface area contributed by atoms with Gasteiger partial charge in [-0.1, -0.05) is 234 Å². The van der Waals surface area contributed by atoms with E-state index in [1.165, 1.54) is 48.5 Å². The summed E-state index contributed by atoms with van der Waals surface area (Å²) < 4.78 is 11.0. The molecule has 384 valence electrons. The topological polar surface area (TPSA) is 61.8 Å². The molecule has 10 aromatic carbocycles. The molecule has 0 aliphatic carbocycles. The van der Waals surface area contributed by atoms with Crippen molar-refractivity contribution in [2.24, 2.45) is 0 Å². The summed E-state index contributed by atoms with van der Waals surface area (Å²) in [6.07, 6.45) is 0. The van der Waals surface area contributed by atoms with E-state index in [0.717, 1.165) is 17.1 Å². The fourth-order valence-corrected chi connectivity index (χ4v) is 14.3. The van der Waals surface area contributed by atoms with Crippen LogP contribution in [0.3, 0.4) is 0 Å². The quantitative estimate of drug-likeness (QED) is 0.110. The summed E-state index contributed by atoms with van der Waals surface area (Å²) in [4.78, 5) is 0. The molecule has 2 unspecified atom stereocenters. The Kier molecular flexibility index (Phi) is 21.6. The molecule has 1 N–H and O–H groups in total. The highest BCUT2D eigenvalue weighted by atomic mass is 31.1. The lowest BCUT2D eigenvalue weighted by Crippen LogP contribution is -2.20. The molecular formula is C68H68O4P4. The SMILES string of the molecule is CPOc1ccc(C(C)(C)c2ccc(O)cc2)cc1.CPOc1ccc(C(C)(C)c2ccc([O-])cc2)cc1.c1ccc(P(c2ccccc2)c2ccccc2)cc1.c1ccc([PH+](c2ccccc2)c2ccccc2)cc1. The van der Waals surface area contributed by atoms with E-state index in [4.69, 9.17) is 9.05 Å². The minimum atomic E-state index is -0.877. The second-order valence-electron chi connectivity index (χ2n) is 18.8. The molecule has 0 spiro atoms. The number of phenols is 1. The summed E-state index contributed by atoms with van der Waals surface area (Å²) in [6, 6.07) is 95.6. The van der Waals surface area contributed by atoms with Crippen molar-refractivity contribution in [2.75, 3.05) is 13.3 Å². The molecule has 0 heterocycles. The Morgan fingerprint density at radius 1 is 0.355 bits per heavy atom. The number of hydrogen-bond acceptors (Lipinski definition) is 4. The van der Waals surface area contributed by atoms with E-state index < -0.39 is 15.8 Å². The van der Waals surface area contributed by atoms with Gasteiger partial charge in [-0.15, -0.1) is 5.75 Å². The van der Waals surface area contributed by atoms with Crippen LogP contribution in [0.15, 0.2) is 279 Å². The van der Waals surface area contributed by atoms with Crippen molar-refractivity contribution in [2.45, 2.75) is 38.5 Å². The number of hydrogen-bond donors (Lipinski definition) is 1. The van der Waals surface area contributed by atoms with Crippen LogP contribution < -0.4 is 46.0 Å². The molecule has 8 heteroatoms. The van der Waals surface area contributed by atoms with Crippen LogP contribution >= 0.6 is 33.5 Å². The fourth-order valence-electron chi connectivity index (χ4n) is 8.69. The van der Waals surface area contributed by atoms with E-state index in [1.807, 2.05) is 61.9 Å². The molecular weight excluding hydrogens is 1000 g/mol. The van der Waals surface area contributed by atoms with E-state index >= 15 is 0 Å². The molecule has 0 saturated heterocycles. The average molecular weight is 1070 g/mol. The van der Waals surface area contributed by atoms with Crippen molar-refractivity contribution in [1.82, 2.24) is 0 Å². The third-order valence-electron chi connectivity index (χ3n) is 13.0. The van der Waals surface area contributed by atoms with Gasteiger partial charge in [0.2, 0.25) is 0 Å². The maximum atomic E-state index is 11.2. The first-order chi connectivity index (χ1) is 37.0. The van der Waals surface area contributed by atoms with Crippen LogP contribution in [-0.2, 0) is 10.8 Å². The van der Waals surface area contributed by atoms with E-state index in [1.54, 1.807) is 24.3 Å². The summed E-state index contributed by atoms with van der Waals surface area (Å²) >= 11 is 0. The molecule has 10 aromatic rings. The summed E-state index contributed by atoms with van der Waals surface area (Å²) in [5, 5.41) is 29.1. The van der Waals surface area contributed by atoms with Crippen LogP contribution in [0.2, 0.25) is 0 Å². The standard InChI is InChI=1S/2C18H15P.2C16H19O2P/c2*1-4-10-16(11-5-1)19(17-12-6-2-7-13-17)18-14-8-3-9-15-18;2*1-16(2,12-4-8-14(17)9-5-12)13-6-10-15(11-7-13)18-19-3/h2*1-15H;2*4-11,17,19H,1-3H3. The second kappa shape index (κ2) is 28.9. The van der Waals surface area contributed by atoms with Crippen LogP contribution in [-0.4, -0.2) is 18.4 Å². The predicted molar refractivity (Wildman–Crippen MR) is 333 cm³/mol. The third-order valence-corrected chi connectivity index (χ3v) is 19.0. The fraction of sp³-hybridized carbons (Fsp3) is 0.118. The van der Waals surface area contributed by atoms with Crippen molar-refractivity contribution in [3.8, 4) is 23.0 Å². The van der Waals surface area contributed by atoms with Crippen molar-refractivity contribution >= 4 is 65.3 Å². The molecule has 0 bridgehead atoms. The Hall–Kier alpha value is -6.88. The lowest BCUT2D eigenvalue weighted by atomic mass is 9.78. The van der Waals surface area contributed by atoms with Gasteiger partial charge >= 0.3 is 0 Å². The van der Waals surface area contributed by atoms with Crippen molar-refractivity contribution in [3.63, 3.8) is 0 Å². The highest BCUT2D eigenvalue weighted by molar-refractivity contribution is 7.80. The van der Waals surface area contributed by atoms with Crippen molar-refractivity contribution in [3.05, 3.63) is 301 Å². The zero-order chi connectivity index (χ0) is 53.6. The van der Waals surface area contributed by atoms with E-state index in [2.05, 4.69) is 234 Å². The van der Waals surface area contributed by atoms with Crippen LogP contribution in [0.25, 0.3) is 0 Å². The van der Waals surface area contributed by atoms with Gasteiger partial charge in [0.05, 0.1) is 25.5 Å². The zero-order valence-electron chi connectivity index (χ0n) is 44.2. The number of rotatable bonds is 14. The van der Waals surface area contributed by atoms with Gasteiger partial charge < -0.3 is 19.3 Å². The first kappa shape index (κ1) is 56.8. The molecule has 4 nitrogen and oxygen atoms in total. The smallest absolute Gasteiger partial charge is 0.122 e. The molecule has 0 radical (unpaired) electrons. The maximum Gasteiger partial charge on any atom is 0.122 e. The van der Waals surface area contributed by atoms with Gasteiger partial charge in [0, 0.05) is 10.8 Å². The largest absolute Gasteiger partial charge is 0.872 e. The summed E-state index contributed by atoms with van der Waals surface area (Å²) in [6.45, 7) is 12.7. The van der Waals surface area contributed by atoms with Crippen LogP contribution in [0.4, 0.5) is 0 Å². The van der Waals surface area contributed by atoms with Crippen LogP contribution in [0.1, 0.15) is 49.9 Å². The maximum absolute atomic E-state index is 11.2. The summed E-state index contributed by atoms with van der Waals surface area (Å²) in [5.74, 6) is 2.15. The van der Waals surface area contributed by atoms with Gasteiger partial charge in [-0.3, -0.25) is 0 Å². The highest BCUT2D eigenvalue weighted by Gasteiger charge is 2.26. The van der Waals surface area contributed by atoms with Crippen LogP contribution in [0, 0.1) is 0 Å². The van der Waals surface area contributed by atoms with Gasteiger partial charge in [0.25, 0.3) is 0 Å². The molecule has 76 heavy (non-hydrogen) atoms. The Balaban J connectivity index is 0.000000147. The molecule has 0 saturated carbocycles. The molecule has 0 aliphatic heterocycles. The normalized spacial score (nSPS) is 11.3. The van der Waals surface area contributed by atoms with Gasteiger partial charge in [-0.25, -0.2) is 0 Å². The number of phenolic OH excluding ortho intramolecular Hbond substituents is 1. The molecule has 0 aliphatic rings. The Morgan fingerprint density at radius 3 is 0.882 bits per heavy atom. The molecule has 0 aromatic heterocycles. The minimum absolute atomic E-state index is 0.0484. The average Bonchev–Trinajstić information content (AvgIpc) is 3.46. The van der Waals surface area contributed by atoms with Crippen molar-refractivity contribution < 1.29 is 19.3 Å². The molecule has 0 fully saturated rings. The first-order valence-electron chi connectivity index (χ1n) is 25.4. The third kappa shape index (κ3) is 16.1. The minimum Gasteiger partial charge on any atom is -0.872 e. The summed E-state index contributed by atoms with van der Waals surface area (Å²) in [7, 11) is -0.406.